The SMILES string of the molecule is CCOC(=O)Cn1nnnc1C(C(C)C)N(CCc1ccccc1)Cc1cc2cc3c(cc2[nH]c1=O)OCCO3. The molecule has 3 heterocycles. The van der Waals surface area contributed by atoms with E-state index in [2.05, 4.69) is 51.4 Å². The number of H-pyrrole nitrogens is 1. The minimum atomic E-state index is -0.408. The topological polar surface area (TPSA) is 124 Å². The Bertz CT molecular complexity index is 1520. The van der Waals surface area contributed by atoms with Crippen LogP contribution in [-0.2, 0) is 29.0 Å². The molecule has 1 aliphatic rings. The Morgan fingerprint density at radius 3 is 2.60 bits per heavy atom. The van der Waals surface area contributed by atoms with E-state index in [1.165, 1.54) is 10.2 Å². The summed E-state index contributed by atoms with van der Waals surface area (Å²) < 4.78 is 18.1. The number of hydrogen-bond acceptors (Lipinski definition) is 9. The van der Waals surface area contributed by atoms with Gasteiger partial charge in [0.1, 0.15) is 19.8 Å². The summed E-state index contributed by atoms with van der Waals surface area (Å²) in [4.78, 5) is 30.8. The normalized spacial score (nSPS) is 13.6. The van der Waals surface area contributed by atoms with Crippen LogP contribution in [0.3, 0.4) is 0 Å². The number of ether oxygens (including phenoxy) is 3. The minimum absolute atomic E-state index is 0.0693. The number of fused-ring (bicyclic) bond motifs is 2. The monoisotopic (exact) mass is 546 g/mol. The third kappa shape index (κ3) is 6.15. The summed E-state index contributed by atoms with van der Waals surface area (Å²) in [5.41, 5.74) is 2.29. The number of aromatic nitrogens is 5. The Balaban J connectivity index is 1.50. The molecular weight excluding hydrogens is 512 g/mol. The van der Waals surface area contributed by atoms with Gasteiger partial charge in [-0.15, -0.1) is 5.10 Å². The average Bonchev–Trinajstić information content (AvgIpc) is 3.38. The molecule has 11 nitrogen and oxygen atoms in total. The smallest absolute Gasteiger partial charge is 0.327 e. The van der Waals surface area contributed by atoms with Crippen LogP contribution in [-0.4, -0.2) is 62.4 Å². The molecule has 0 spiro atoms. The van der Waals surface area contributed by atoms with Gasteiger partial charge in [0.2, 0.25) is 0 Å². The van der Waals surface area contributed by atoms with E-state index in [-0.39, 0.29) is 30.7 Å². The highest BCUT2D eigenvalue weighted by Gasteiger charge is 2.30. The van der Waals surface area contributed by atoms with Gasteiger partial charge in [0.15, 0.2) is 17.3 Å². The van der Waals surface area contributed by atoms with Crippen molar-refractivity contribution in [3.05, 3.63) is 75.8 Å². The van der Waals surface area contributed by atoms with Crippen LogP contribution in [0, 0.1) is 5.92 Å². The fourth-order valence-electron chi connectivity index (χ4n) is 5.11. The summed E-state index contributed by atoms with van der Waals surface area (Å²) in [6.07, 6.45) is 0.758. The molecule has 1 atom stereocenters. The molecular formula is C29H34N6O5. The van der Waals surface area contributed by atoms with Gasteiger partial charge < -0.3 is 19.2 Å². The highest BCUT2D eigenvalue weighted by Crippen LogP contribution is 2.34. The lowest BCUT2D eigenvalue weighted by atomic mass is 9.99. The molecule has 0 amide bonds. The Kier molecular flexibility index (Phi) is 8.40. The van der Waals surface area contributed by atoms with Gasteiger partial charge in [-0.3, -0.25) is 14.5 Å². The number of carbonyl (C=O) groups excluding carboxylic acids is 1. The number of pyridine rings is 1. The Morgan fingerprint density at radius 1 is 1.12 bits per heavy atom. The van der Waals surface area contributed by atoms with Crippen molar-refractivity contribution in [2.75, 3.05) is 26.4 Å². The molecule has 40 heavy (non-hydrogen) atoms. The zero-order valence-electron chi connectivity index (χ0n) is 23.0. The van der Waals surface area contributed by atoms with E-state index in [4.69, 9.17) is 14.2 Å². The molecule has 0 saturated carbocycles. The van der Waals surface area contributed by atoms with Crippen LogP contribution in [0.4, 0.5) is 0 Å². The lowest BCUT2D eigenvalue weighted by Crippen LogP contribution is -2.37. The predicted molar refractivity (Wildman–Crippen MR) is 148 cm³/mol. The van der Waals surface area contributed by atoms with Crippen LogP contribution in [0.5, 0.6) is 11.5 Å². The van der Waals surface area contributed by atoms with E-state index in [1.54, 1.807) is 6.92 Å². The van der Waals surface area contributed by atoms with Crippen molar-refractivity contribution in [2.45, 2.75) is 46.3 Å². The van der Waals surface area contributed by atoms with Gasteiger partial charge >= 0.3 is 5.97 Å². The predicted octanol–water partition coefficient (Wildman–Crippen LogP) is 3.29. The maximum absolute atomic E-state index is 13.3. The highest BCUT2D eigenvalue weighted by molar-refractivity contribution is 5.83. The molecule has 0 bridgehead atoms. The van der Waals surface area contributed by atoms with Crippen LogP contribution >= 0.6 is 0 Å². The van der Waals surface area contributed by atoms with Gasteiger partial charge in [0.05, 0.1) is 18.2 Å². The first-order chi connectivity index (χ1) is 19.4. The van der Waals surface area contributed by atoms with E-state index >= 15 is 0 Å². The summed E-state index contributed by atoms with van der Waals surface area (Å²) in [6.45, 7) is 8.06. The fourth-order valence-corrected chi connectivity index (χ4v) is 5.11. The van der Waals surface area contributed by atoms with E-state index in [0.29, 0.717) is 54.7 Å². The van der Waals surface area contributed by atoms with Crippen LogP contribution in [0.25, 0.3) is 10.9 Å². The molecule has 4 aromatic rings. The summed E-state index contributed by atoms with van der Waals surface area (Å²) in [7, 11) is 0. The minimum Gasteiger partial charge on any atom is -0.486 e. The van der Waals surface area contributed by atoms with Gasteiger partial charge in [-0.05, 0) is 47.4 Å². The number of esters is 1. The Hall–Kier alpha value is -4.25. The molecule has 210 valence electrons. The fraction of sp³-hybridized carbons (Fsp3) is 0.414. The van der Waals surface area contributed by atoms with E-state index in [9.17, 15) is 9.59 Å². The molecule has 11 heteroatoms. The largest absolute Gasteiger partial charge is 0.486 e. The lowest BCUT2D eigenvalue weighted by Gasteiger charge is -2.33. The Labute approximate surface area is 232 Å². The van der Waals surface area contributed by atoms with E-state index in [1.807, 2.05) is 36.4 Å². The number of carbonyl (C=O) groups is 1. The van der Waals surface area contributed by atoms with Crippen molar-refractivity contribution in [2.24, 2.45) is 5.92 Å². The van der Waals surface area contributed by atoms with Crippen LogP contribution in [0.1, 0.15) is 43.8 Å². The van der Waals surface area contributed by atoms with E-state index in [0.717, 1.165) is 11.8 Å². The van der Waals surface area contributed by atoms with Gasteiger partial charge in [0, 0.05) is 30.1 Å². The average molecular weight is 547 g/mol. The summed E-state index contributed by atoms with van der Waals surface area (Å²) in [5.74, 6) is 1.50. The molecule has 0 radical (unpaired) electrons. The van der Waals surface area contributed by atoms with Crippen molar-refractivity contribution in [1.29, 1.82) is 0 Å². The lowest BCUT2D eigenvalue weighted by molar-refractivity contribution is -0.144. The molecule has 1 unspecified atom stereocenters. The Morgan fingerprint density at radius 2 is 1.88 bits per heavy atom. The zero-order chi connectivity index (χ0) is 28.1. The van der Waals surface area contributed by atoms with Crippen molar-refractivity contribution in [3.63, 3.8) is 0 Å². The van der Waals surface area contributed by atoms with E-state index < -0.39 is 5.97 Å². The first kappa shape index (κ1) is 27.3. The molecule has 1 N–H and O–H groups in total. The number of tetrazole rings is 1. The quantitative estimate of drug-likeness (QED) is 0.282. The molecule has 0 aliphatic carbocycles. The molecule has 2 aromatic carbocycles. The number of rotatable bonds is 11. The molecule has 2 aromatic heterocycles. The second kappa shape index (κ2) is 12.3. The van der Waals surface area contributed by atoms with Gasteiger partial charge in [-0.1, -0.05) is 44.2 Å². The number of aromatic amines is 1. The second-order valence-corrected chi connectivity index (χ2v) is 10.1. The number of benzene rings is 2. The third-order valence-corrected chi connectivity index (χ3v) is 6.92. The third-order valence-electron chi connectivity index (χ3n) is 6.92. The van der Waals surface area contributed by atoms with Crippen molar-refractivity contribution >= 4 is 16.9 Å². The van der Waals surface area contributed by atoms with Gasteiger partial charge in [0.25, 0.3) is 5.56 Å². The van der Waals surface area contributed by atoms with Crippen molar-refractivity contribution in [3.8, 4) is 11.5 Å². The highest BCUT2D eigenvalue weighted by atomic mass is 16.6. The summed E-state index contributed by atoms with van der Waals surface area (Å²) >= 11 is 0. The zero-order valence-corrected chi connectivity index (χ0v) is 23.0. The second-order valence-electron chi connectivity index (χ2n) is 10.1. The summed E-state index contributed by atoms with van der Waals surface area (Å²) in [5, 5.41) is 13.1. The maximum atomic E-state index is 13.3. The first-order valence-corrected chi connectivity index (χ1v) is 13.6. The number of nitrogens with zero attached hydrogens (tertiary/aromatic N) is 5. The van der Waals surface area contributed by atoms with Crippen molar-refractivity contribution in [1.82, 2.24) is 30.1 Å². The van der Waals surface area contributed by atoms with Crippen LogP contribution < -0.4 is 15.0 Å². The first-order valence-electron chi connectivity index (χ1n) is 13.6. The van der Waals surface area contributed by atoms with Gasteiger partial charge in [-0.2, -0.15) is 0 Å². The standard InChI is InChI=1S/C29H34N6O5/c1-4-38-26(36)18-35-28(31-32-33-35)27(19(2)3)34(11-10-20-8-6-5-7-9-20)17-22-14-21-15-24-25(40-13-12-39-24)16-23(21)30-29(22)37/h5-9,14-16,19,27H,4,10-13,17-18H2,1-3H3,(H,30,37). The summed E-state index contributed by atoms with van der Waals surface area (Å²) in [6, 6.07) is 15.5. The molecule has 1 aliphatic heterocycles. The van der Waals surface area contributed by atoms with Crippen LogP contribution in [0.15, 0.2) is 53.3 Å². The van der Waals surface area contributed by atoms with Crippen LogP contribution in [0.2, 0.25) is 0 Å². The number of hydrogen-bond donors (Lipinski definition) is 1. The van der Waals surface area contributed by atoms with Crippen molar-refractivity contribution < 1.29 is 19.0 Å². The van der Waals surface area contributed by atoms with Gasteiger partial charge in [-0.25, -0.2) is 4.68 Å². The maximum Gasteiger partial charge on any atom is 0.327 e. The molecule has 0 fully saturated rings. The molecule has 0 saturated heterocycles. The number of nitrogens with one attached hydrogen (secondary N) is 1. The molecule has 5 rings (SSSR count).